The first-order valence-corrected chi connectivity index (χ1v) is 8.30. The van der Waals surface area contributed by atoms with Crippen LogP contribution >= 0.6 is 0 Å². The van der Waals surface area contributed by atoms with Crippen LogP contribution in [0.15, 0.2) is 72.6 Å². The lowest BCUT2D eigenvalue weighted by molar-refractivity contribution is -0.110. The summed E-state index contributed by atoms with van der Waals surface area (Å²) < 4.78 is 5.02. The van der Waals surface area contributed by atoms with Crippen molar-refractivity contribution >= 4 is 28.8 Å². The summed E-state index contributed by atoms with van der Waals surface area (Å²) in [6.07, 6.45) is 9.12. The number of benzene rings is 2. The molecule has 0 aliphatic rings. The van der Waals surface area contributed by atoms with Gasteiger partial charge in [0.1, 0.15) is 5.76 Å². The van der Waals surface area contributed by atoms with Gasteiger partial charge in [-0.3, -0.25) is 4.79 Å². The lowest BCUT2D eigenvalue weighted by Crippen LogP contribution is -1.89. The van der Waals surface area contributed by atoms with E-state index in [0.717, 1.165) is 22.5 Å². The number of allylic oxidation sites excluding steroid dienone is 3. The van der Waals surface area contributed by atoms with E-state index in [2.05, 4.69) is 4.98 Å². The summed E-state index contributed by atoms with van der Waals surface area (Å²) in [7, 11) is 1.45. The molecule has 0 amide bonds. The van der Waals surface area contributed by atoms with Crippen molar-refractivity contribution in [2.75, 3.05) is 7.11 Å². The van der Waals surface area contributed by atoms with Gasteiger partial charge in [-0.05, 0) is 52.9 Å². The van der Waals surface area contributed by atoms with E-state index in [0.29, 0.717) is 11.3 Å². The fraction of sp³-hybridized carbons (Fsp3) is 0.0455. The van der Waals surface area contributed by atoms with Gasteiger partial charge < -0.3 is 19.9 Å². The van der Waals surface area contributed by atoms with Gasteiger partial charge in [-0.2, -0.15) is 0 Å². The number of methoxy groups -OCH3 is 1. The highest BCUT2D eigenvalue weighted by atomic mass is 16.5. The van der Waals surface area contributed by atoms with E-state index in [1.807, 2.05) is 30.5 Å². The second-order valence-corrected chi connectivity index (χ2v) is 5.89. The zero-order chi connectivity index (χ0) is 19.2. The highest BCUT2D eigenvalue weighted by Gasteiger charge is 2.01. The van der Waals surface area contributed by atoms with Gasteiger partial charge in [0.15, 0.2) is 17.3 Å². The molecule has 27 heavy (non-hydrogen) atoms. The summed E-state index contributed by atoms with van der Waals surface area (Å²) >= 11 is 0. The molecule has 0 bridgehead atoms. The van der Waals surface area contributed by atoms with Gasteiger partial charge in [-0.25, -0.2) is 0 Å². The van der Waals surface area contributed by atoms with Crippen molar-refractivity contribution in [2.24, 2.45) is 0 Å². The van der Waals surface area contributed by atoms with E-state index in [-0.39, 0.29) is 17.3 Å². The van der Waals surface area contributed by atoms with Gasteiger partial charge in [0.05, 0.1) is 7.11 Å². The Morgan fingerprint density at radius 2 is 1.78 bits per heavy atom. The van der Waals surface area contributed by atoms with E-state index >= 15 is 0 Å². The molecule has 0 saturated heterocycles. The van der Waals surface area contributed by atoms with Crippen LogP contribution in [0, 0.1) is 0 Å². The number of ether oxygens (including phenoxy) is 1. The van der Waals surface area contributed by atoms with Gasteiger partial charge in [-0.1, -0.05) is 30.4 Å². The third-order valence-electron chi connectivity index (χ3n) is 3.96. The Hall–Kier alpha value is -3.73. The van der Waals surface area contributed by atoms with E-state index < -0.39 is 0 Å². The van der Waals surface area contributed by atoms with Gasteiger partial charge in [-0.15, -0.1) is 0 Å². The Kier molecular flexibility index (Phi) is 5.42. The Morgan fingerprint density at radius 3 is 2.59 bits per heavy atom. The molecule has 5 nitrogen and oxygen atoms in total. The number of rotatable bonds is 6. The fourth-order valence-electron chi connectivity index (χ4n) is 2.57. The number of carbonyl (C=O) groups is 1. The molecule has 0 aliphatic carbocycles. The maximum atomic E-state index is 12.0. The smallest absolute Gasteiger partial charge is 0.182 e. The third kappa shape index (κ3) is 4.67. The van der Waals surface area contributed by atoms with Gasteiger partial charge in [0.2, 0.25) is 0 Å². The van der Waals surface area contributed by atoms with Crippen LogP contribution in [-0.4, -0.2) is 28.1 Å². The predicted molar refractivity (Wildman–Crippen MR) is 107 cm³/mol. The summed E-state index contributed by atoms with van der Waals surface area (Å²) in [6.45, 7) is 0. The number of phenols is 1. The molecule has 0 radical (unpaired) electrons. The van der Waals surface area contributed by atoms with E-state index in [4.69, 9.17) is 4.74 Å². The molecule has 0 fully saturated rings. The molecule has 1 heterocycles. The predicted octanol–water partition coefficient (Wildman–Crippen LogP) is 4.62. The molecule has 0 atom stereocenters. The minimum Gasteiger partial charge on any atom is -0.508 e. The summed E-state index contributed by atoms with van der Waals surface area (Å²) in [5.41, 5.74) is 2.61. The molecule has 3 aromatic rings. The van der Waals surface area contributed by atoms with E-state index in [9.17, 15) is 15.0 Å². The largest absolute Gasteiger partial charge is 0.508 e. The molecule has 0 unspecified atom stereocenters. The van der Waals surface area contributed by atoms with Gasteiger partial charge >= 0.3 is 0 Å². The Balaban J connectivity index is 1.66. The number of carbonyl (C=O) groups excluding carboxylic acids is 1. The second kappa shape index (κ2) is 8.10. The van der Waals surface area contributed by atoms with Crippen LogP contribution < -0.4 is 4.74 Å². The van der Waals surface area contributed by atoms with Crippen molar-refractivity contribution in [3.05, 3.63) is 83.8 Å². The molecule has 3 rings (SSSR count). The minimum absolute atomic E-state index is 0.0289. The number of phenolic OH excluding ortho intramolecular Hbond substituents is 1. The number of aromatic hydroxyl groups is 1. The quantitative estimate of drug-likeness (QED) is 0.340. The summed E-state index contributed by atoms with van der Waals surface area (Å²) in [5, 5.41) is 20.6. The van der Waals surface area contributed by atoms with Crippen molar-refractivity contribution in [3.63, 3.8) is 0 Å². The zero-order valence-corrected chi connectivity index (χ0v) is 14.7. The average molecular weight is 361 g/mol. The number of aliphatic hydroxyl groups is 1. The number of nitrogens with one attached hydrogen (secondary N) is 1. The van der Waals surface area contributed by atoms with Crippen molar-refractivity contribution in [2.45, 2.75) is 0 Å². The number of aromatic nitrogens is 1. The van der Waals surface area contributed by atoms with Crippen LogP contribution in [0.3, 0.4) is 0 Å². The number of aromatic amines is 1. The standard InChI is InChI=1S/C22H19NO4/c1-27-22-13-16(5-9-21(22)26)4-8-19(25)14-18(24)7-3-15-2-6-17-10-11-23-20(17)12-15/h2-14,23-24,26H,1H3/b7-3+,8-4+,18-14-. The maximum absolute atomic E-state index is 12.0. The van der Waals surface area contributed by atoms with Crippen molar-refractivity contribution < 1.29 is 19.7 Å². The number of aliphatic hydroxyl groups excluding tert-OH is 1. The van der Waals surface area contributed by atoms with Crippen LogP contribution in [0.5, 0.6) is 11.5 Å². The molecular weight excluding hydrogens is 342 g/mol. The maximum Gasteiger partial charge on any atom is 0.182 e. The summed E-state index contributed by atoms with van der Waals surface area (Å²) in [4.78, 5) is 15.1. The monoisotopic (exact) mass is 361 g/mol. The highest BCUT2D eigenvalue weighted by molar-refractivity contribution is 6.02. The van der Waals surface area contributed by atoms with Crippen molar-refractivity contribution in [3.8, 4) is 11.5 Å². The van der Waals surface area contributed by atoms with E-state index in [1.54, 1.807) is 24.3 Å². The molecule has 2 aromatic carbocycles. The lowest BCUT2D eigenvalue weighted by Gasteiger charge is -2.03. The number of fused-ring (bicyclic) bond motifs is 1. The Morgan fingerprint density at radius 1 is 1.04 bits per heavy atom. The number of H-pyrrole nitrogens is 1. The van der Waals surface area contributed by atoms with Crippen LogP contribution in [-0.2, 0) is 4.79 Å². The molecule has 136 valence electrons. The minimum atomic E-state index is -0.357. The lowest BCUT2D eigenvalue weighted by atomic mass is 10.1. The second-order valence-electron chi connectivity index (χ2n) is 5.89. The number of hydrogen-bond donors (Lipinski definition) is 3. The van der Waals surface area contributed by atoms with Crippen molar-refractivity contribution in [1.29, 1.82) is 0 Å². The summed E-state index contributed by atoms with van der Waals surface area (Å²) in [5.74, 6) is -0.144. The van der Waals surface area contributed by atoms with Crippen molar-refractivity contribution in [1.82, 2.24) is 4.98 Å². The zero-order valence-electron chi connectivity index (χ0n) is 14.7. The molecule has 3 N–H and O–H groups in total. The Labute approximate surface area is 156 Å². The summed E-state index contributed by atoms with van der Waals surface area (Å²) in [6, 6.07) is 12.6. The van der Waals surface area contributed by atoms with Crippen LogP contribution in [0.25, 0.3) is 23.1 Å². The van der Waals surface area contributed by atoms with Crippen LogP contribution in [0.1, 0.15) is 11.1 Å². The molecule has 0 saturated carbocycles. The SMILES string of the molecule is COc1cc(/C=C/C(=O)/C=C(O)/C=C/c2ccc3cc[nH]c3c2)ccc1O. The molecular formula is C22H19NO4. The topological polar surface area (TPSA) is 82.5 Å². The van der Waals surface area contributed by atoms with Gasteiger partial charge in [0.25, 0.3) is 0 Å². The highest BCUT2D eigenvalue weighted by Crippen LogP contribution is 2.26. The third-order valence-corrected chi connectivity index (χ3v) is 3.96. The average Bonchev–Trinajstić information content (AvgIpc) is 3.13. The van der Waals surface area contributed by atoms with Crippen LogP contribution in [0.2, 0.25) is 0 Å². The molecule has 0 aliphatic heterocycles. The Bertz CT molecular complexity index is 1060. The first kappa shape index (κ1) is 18.1. The molecule has 0 spiro atoms. The molecule has 1 aromatic heterocycles. The number of ketones is 1. The first-order chi connectivity index (χ1) is 13.0. The fourth-order valence-corrected chi connectivity index (χ4v) is 2.57. The van der Waals surface area contributed by atoms with E-state index in [1.165, 1.54) is 25.3 Å². The van der Waals surface area contributed by atoms with Crippen LogP contribution in [0.4, 0.5) is 0 Å². The molecule has 5 heteroatoms. The normalized spacial score (nSPS) is 12.3. The number of hydrogen-bond acceptors (Lipinski definition) is 4. The first-order valence-electron chi connectivity index (χ1n) is 8.30. The van der Waals surface area contributed by atoms with Gasteiger partial charge in [0, 0.05) is 17.8 Å².